The van der Waals surface area contributed by atoms with Crippen LogP contribution in [0.1, 0.15) is 71.6 Å². The highest BCUT2D eigenvalue weighted by Crippen LogP contribution is 2.66. The molecule has 0 aromatic carbocycles. The van der Waals surface area contributed by atoms with E-state index in [0.29, 0.717) is 36.8 Å². The van der Waals surface area contributed by atoms with Crippen molar-refractivity contribution in [3.8, 4) is 0 Å². The fourth-order valence-electron chi connectivity index (χ4n) is 7.93. The minimum absolute atomic E-state index is 0.0108. The van der Waals surface area contributed by atoms with E-state index in [-0.39, 0.29) is 35.1 Å². The van der Waals surface area contributed by atoms with Crippen molar-refractivity contribution in [2.24, 2.45) is 40.2 Å². The molecule has 0 aromatic rings. The average molecular weight is 408 g/mol. The van der Waals surface area contributed by atoms with E-state index in [2.05, 4.69) is 19.2 Å². The van der Waals surface area contributed by atoms with Crippen LogP contribution in [0.3, 0.4) is 0 Å². The SMILES string of the molecule is C[C@]12CCC(OCCCNC(=N)N)CC1C(O)C[C@@H]1[C@H]2CC[C@]2(C)C(O)CC[C@@H]12. The van der Waals surface area contributed by atoms with Crippen LogP contribution in [-0.4, -0.2) is 47.6 Å². The maximum Gasteiger partial charge on any atom is 0.185 e. The van der Waals surface area contributed by atoms with Gasteiger partial charge in [0, 0.05) is 13.2 Å². The quantitative estimate of drug-likeness (QED) is 0.273. The van der Waals surface area contributed by atoms with Crippen molar-refractivity contribution >= 4 is 5.96 Å². The molecule has 0 bridgehead atoms. The van der Waals surface area contributed by atoms with Gasteiger partial charge in [-0.3, -0.25) is 5.41 Å². The van der Waals surface area contributed by atoms with E-state index in [9.17, 15) is 10.2 Å². The molecule has 4 fully saturated rings. The molecule has 4 aliphatic rings. The second-order valence-corrected chi connectivity index (χ2v) is 10.9. The molecule has 166 valence electrons. The molecule has 4 aliphatic carbocycles. The molecule has 0 amide bonds. The maximum absolute atomic E-state index is 11.2. The highest BCUT2D eigenvalue weighted by Gasteiger charge is 2.62. The monoisotopic (exact) mass is 407 g/mol. The second kappa shape index (κ2) is 8.01. The minimum atomic E-state index is -0.243. The first-order valence-electron chi connectivity index (χ1n) is 11.8. The average Bonchev–Trinajstić information content (AvgIpc) is 2.97. The lowest BCUT2D eigenvalue weighted by atomic mass is 9.44. The van der Waals surface area contributed by atoms with Crippen molar-refractivity contribution in [1.29, 1.82) is 5.41 Å². The van der Waals surface area contributed by atoms with Gasteiger partial charge in [0.1, 0.15) is 0 Å². The number of nitrogens with one attached hydrogen (secondary N) is 2. The summed E-state index contributed by atoms with van der Waals surface area (Å²) in [7, 11) is 0. The van der Waals surface area contributed by atoms with Crippen LogP contribution < -0.4 is 11.1 Å². The minimum Gasteiger partial charge on any atom is -0.393 e. The van der Waals surface area contributed by atoms with E-state index in [1.54, 1.807) is 0 Å². The van der Waals surface area contributed by atoms with Gasteiger partial charge in [-0.1, -0.05) is 13.8 Å². The van der Waals surface area contributed by atoms with Crippen LogP contribution in [0.2, 0.25) is 0 Å². The van der Waals surface area contributed by atoms with E-state index >= 15 is 0 Å². The summed E-state index contributed by atoms with van der Waals surface area (Å²) in [5.41, 5.74) is 5.58. The molecule has 0 aliphatic heterocycles. The third-order valence-corrected chi connectivity index (χ3v) is 9.57. The number of hydrogen-bond acceptors (Lipinski definition) is 4. The zero-order valence-electron chi connectivity index (χ0n) is 18.2. The lowest BCUT2D eigenvalue weighted by Gasteiger charge is -2.62. The molecule has 9 atom stereocenters. The summed E-state index contributed by atoms with van der Waals surface area (Å²) in [4.78, 5) is 0. The molecule has 6 N–H and O–H groups in total. The molecule has 6 heteroatoms. The standard InChI is InChI=1S/C23H41N3O3/c1-22-8-6-14(29-11-3-10-26-21(24)25)12-18(22)19(27)13-15-16-4-5-20(28)23(16,2)9-7-17(15)22/h14-20,27-28H,3-13H2,1-2H3,(H4,24,25,26)/t14?,15-,16-,17+,18?,19?,20?,22+,23-/m0/s1. The molecule has 4 rings (SSSR count). The van der Waals surface area contributed by atoms with Crippen LogP contribution in [0, 0.1) is 39.9 Å². The van der Waals surface area contributed by atoms with Gasteiger partial charge in [0.15, 0.2) is 5.96 Å². The molecular weight excluding hydrogens is 366 g/mol. The van der Waals surface area contributed by atoms with Crippen LogP contribution in [-0.2, 0) is 4.74 Å². The predicted molar refractivity (Wildman–Crippen MR) is 113 cm³/mol. The van der Waals surface area contributed by atoms with Crippen LogP contribution in [0.15, 0.2) is 0 Å². The van der Waals surface area contributed by atoms with E-state index in [4.69, 9.17) is 15.9 Å². The van der Waals surface area contributed by atoms with E-state index < -0.39 is 0 Å². The number of ether oxygens (including phenoxy) is 1. The summed E-state index contributed by atoms with van der Waals surface area (Å²) < 4.78 is 6.15. The summed E-state index contributed by atoms with van der Waals surface area (Å²) in [5.74, 6) is 2.16. The van der Waals surface area contributed by atoms with Crippen molar-refractivity contribution < 1.29 is 14.9 Å². The molecule has 0 aromatic heterocycles. The molecule has 29 heavy (non-hydrogen) atoms. The molecule has 4 saturated carbocycles. The summed E-state index contributed by atoms with van der Waals surface area (Å²) in [6, 6.07) is 0. The Balaban J connectivity index is 1.38. The smallest absolute Gasteiger partial charge is 0.185 e. The Morgan fingerprint density at radius 3 is 2.52 bits per heavy atom. The van der Waals surface area contributed by atoms with Crippen molar-refractivity contribution in [1.82, 2.24) is 5.32 Å². The number of rotatable bonds is 5. The fourth-order valence-corrected chi connectivity index (χ4v) is 7.93. The summed E-state index contributed by atoms with van der Waals surface area (Å²) in [6.07, 6.45) is 9.18. The summed E-state index contributed by atoms with van der Waals surface area (Å²) in [6.45, 7) is 6.09. The summed E-state index contributed by atoms with van der Waals surface area (Å²) in [5, 5.41) is 31.8. The first kappa shape index (κ1) is 21.4. The lowest BCUT2D eigenvalue weighted by molar-refractivity contribution is -0.179. The van der Waals surface area contributed by atoms with Gasteiger partial charge >= 0.3 is 0 Å². The van der Waals surface area contributed by atoms with Gasteiger partial charge in [0.2, 0.25) is 0 Å². The Labute approximate surface area is 175 Å². The third-order valence-electron chi connectivity index (χ3n) is 9.57. The lowest BCUT2D eigenvalue weighted by Crippen LogP contribution is -2.58. The summed E-state index contributed by atoms with van der Waals surface area (Å²) >= 11 is 0. The molecule has 0 saturated heterocycles. The van der Waals surface area contributed by atoms with Crippen molar-refractivity contribution in [3.05, 3.63) is 0 Å². The Morgan fingerprint density at radius 1 is 1.03 bits per heavy atom. The topological polar surface area (TPSA) is 112 Å². The largest absolute Gasteiger partial charge is 0.393 e. The van der Waals surface area contributed by atoms with E-state index in [1.807, 2.05) is 0 Å². The molecular formula is C23H41N3O3. The number of aliphatic hydroxyl groups is 2. The van der Waals surface area contributed by atoms with Crippen molar-refractivity contribution in [2.75, 3.05) is 13.2 Å². The van der Waals surface area contributed by atoms with Crippen LogP contribution in [0.25, 0.3) is 0 Å². The maximum atomic E-state index is 11.2. The van der Waals surface area contributed by atoms with Gasteiger partial charge in [-0.05, 0) is 92.3 Å². The Bertz CT molecular complexity index is 616. The van der Waals surface area contributed by atoms with Gasteiger partial charge in [-0.15, -0.1) is 0 Å². The number of aliphatic hydroxyl groups excluding tert-OH is 2. The molecule has 0 radical (unpaired) electrons. The number of nitrogens with two attached hydrogens (primary N) is 1. The van der Waals surface area contributed by atoms with Gasteiger partial charge in [0.25, 0.3) is 0 Å². The second-order valence-electron chi connectivity index (χ2n) is 10.9. The highest BCUT2D eigenvalue weighted by atomic mass is 16.5. The molecule has 6 nitrogen and oxygen atoms in total. The van der Waals surface area contributed by atoms with Crippen LogP contribution >= 0.6 is 0 Å². The molecule has 0 heterocycles. The number of hydrogen-bond donors (Lipinski definition) is 5. The third kappa shape index (κ3) is 3.70. The first-order valence-corrected chi connectivity index (χ1v) is 11.8. The normalized spacial score (nSPS) is 49.0. The Kier molecular flexibility index (Phi) is 5.91. The van der Waals surface area contributed by atoms with E-state index in [0.717, 1.165) is 51.4 Å². The van der Waals surface area contributed by atoms with Crippen LogP contribution in [0.4, 0.5) is 0 Å². The highest BCUT2D eigenvalue weighted by molar-refractivity contribution is 5.74. The zero-order chi connectivity index (χ0) is 20.8. The molecule has 4 unspecified atom stereocenters. The number of guanidine groups is 1. The Morgan fingerprint density at radius 2 is 1.76 bits per heavy atom. The Hall–Kier alpha value is -0.850. The van der Waals surface area contributed by atoms with Gasteiger partial charge in [-0.25, -0.2) is 0 Å². The zero-order valence-corrected chi connectivity index (χ0v) is 18.2. The molecule has 0 spiro atoms. The van der Waals surface area contributed by atoms with Crippen LogP contribution in [0.5, 0.6) is 0 Å². The number of fused-ring (bicyclic) bond motifs is 5. The van der Waals surface area contributed by atoms with Crippen molar-refractivity contribution in [2.45, 2.75) is 89.9 Å². The predicted octanol–water partition coefficient (Wildman–Crippen LogP) is 2.62. The fraction of sp³-hybridized carbons (Fsp3) is 0.957. The van der Waals surface area contributed by atoms with E-state index in [1.165, 1.54) is 6.42 Å². The van der Waals surface area contributed by atoms with Gasteiger partial charge in [-0.2, -0.15) is 0 Å². The van der Waals surface area contributed by atoms with Crippen molar-refractivity contribution in [3.63, 3.8) is 0 Å². The van der Waals surface area contributed by atoms with Gasteiger partial charge in [0.05, 0.1) is 18.3 Å². The van der Waals surface area contributed by atoms with Gasteiger partial charge < -0.3 is 26.0 Å². The first-order chi connectivity index (χ1) is 13.8.